The number of anilines is 1. The van der Waals surface area contributed by atoms with Gasteiger partial charge in [0, 0.05) is 25.3 Å². The zero-order valence-corrected chi connectivity index (χ0v) is 12.9. The summed E-state index contributed by atoms with van der Waals surface area (Å²) in [7, 11) is 0. The molecule has 0 spiro atoms. The van der Waals surface area contributed by atoms with Crippen LogP contribution in [0.1, 0.15) is 44.4 Å². The fourth-order valence-corrected chi connectivity index (χ4v) is 2.54. The lowest BCUT2D eigenvalue weighted by Crippen LogP contribution is -2.28. The minimum Gasteiger partial charge on any atom is -0.353 e. The van der Waals surface area contributed by atoms with Crippen molar-refractivity contribution in [2.75, 3.05) is 24.5 Å². The molecular weight excluding hydrogens is 246 g/mol. The summed E-state index contributed by atoms with van der Waals surface area (Å²) < 4.78 is 0. The monoisotopic (exact) mass is 273 g/mol. The molecule has 110 valence electrons. The van der Waals surface area contributed by atoms with Crippen LogP contribution in [-0.4, -0.2) is 24.6 Å². The molecule has 1 aromatic rings. The average Bonchev–Trinajstić information content (AvgIpc) is 2.49. The van der Waals surface area contributed by atoms with Crippen LogP contribution in [0.15, 0.2) is 24.3 Å². The summed E-state index contributed by atoms with van der Waals surface area (Å²) in [6.07, 6.45) is 9.03. The molecule has 1 aromatic heterocycles. The predicted molar refractivity (Wildman–Crippen MR) is 86.2 cm³/mol. The molecule has 20 heavy (non-hydrogen) atoms. The van der Waals surface area contributed by atoms with Crippen LogP contribution in [0.4, 0.5) is 5.82 Å². The van der Waals surface area contributed by atoms with E-state index >= 15 is 0 Å². The van der Waals surface area contributed by atoms with Gasteiger partial charge in [-0.25, -0.2) is 4.98 Å². The molecule has 1 aliphatic heterocycles. The smallest absolute Gasteiger partial charge is 0.129 e. The van der Waals surface area contributed by atoms with Gasteiger partial charge in [0.25, 0.3) is 0 Å². The van der Waals surface area contributed by atoms with Crippen LogP contribution >= 0.6 is 0 Å². The van der Waals surface area contributed by atoms with Crippen LogP contribution in [0.3, 0.4) is 0 Å². The van der Waals surface area contributed by atoms with Gasteiger partial charge in [-0.05, 0) is 43.5 Å². The minimum absolute atomic E-state index is 0.948. The second-order valence-electron chi connectivity index (χ2n) is 5.46. The normalized spacial score (nSPS) is 14.8. The van der Waals surface area contributed by atoms with Crippen molar-refractivity contribution in [3.63, 3.8) is 0 Å². The Morgan fingerprint density at radius 1 is 1.20 bits per heavy atom. The highest BCUT2D eigenvalue weighted by atomic mass is 15.2. The lowest BCUT2D eigenvalue weighted by molar-refractivity contribution is 0.672. The molecule has 0 fully saturated rings. The number of nitrogens with one attached hydrogen (secondary N) is 1. The van der Waals surface area contributed by atoms with Gasteiger partial charge in [-0.15, -0.1) is 0 Å². The SMILES string of the molecule is CCCNCc1cc(CCC)nc(N2CC=CCC2)c1. The van der Waals surface area contributed by atoms with Crippen molar-refractivity contribution in [1.82, 2.24) is 10.3 Å². The van der Waals surface area contributed by atoms with E-state index in [-0.39, 0.29) is 0 Å². The van der Waals surface area contributed by atoms with Gasteiger partial charge < -0.3 is 10.2 Å². The Kier molecular flexibility index (Phi) is 6.06. The van der Waals surface area contributed by atoms with E-state index < -0.39 is 0 Å². The lowest BCUT2D eigenvalue weighted by Gasteiger charge is -2.25. The van der Waals surface area contributed by atoms with Crippen molar-refractivity contribution in [1.29, 1.82) is 0 Å². The summed E-state index contributed by atoms with van der Waals surface area (Å²) in [5.74, 6) is 1.15. The maximum Gasteiger partial charge on any atom is 0.129 e. The number of hydrogen-bond acceptors (Lipinski definition) is 3. The molecule has 0 amide bonds. The van der Waals surface area contributed by atoms with Crippen LogP contribution in [0.2, 0.25) is 0 Å². The zero-order chi connectivity index (χ0) is 14.2. The molecule has 0 unspecified atom stereocenters. The van der Waals surface area contributed by atoms with Crippen molar-refractivity contribution >= 4 is 5.82 Å². The lowest BCUT2D eigenvalue weighted by atomic mass is 10.1. The van der Waals surface area contributed by atoms with Crippen molar-refractivity contribution in [2.45, 2.75) is 46.1 Å². The molecule has 0 saturated carbocycles. The second kappa shape index (κ2) is 8.05. The second-order valence-corrected chi connectivity index (χ2v) is 5.46. The van der Waals surface area contributed by atoms with Crippen LogP contribution in [0.5, 0.6) is 0 Å². The van der Waals surface area contributed by atoms with Crippen molar-refractivity contribution < 1.29 is 0 Å². The molecule has 0 aromatic carbocycles. The molecule has 2 heterocycles. The molecular formula is C17H27N3. The third-order valence-corrected chi connectivity index (χ3v) is 3.57. The van der Waals surface area contributed by atoms with E-state index in [9.17, 15) is 0 Å². The Labute approximate surface area is 123 Å². The van der Waals surface area contributed by atoms with E-state index in [1.165, 1.54) is 17.7 Å². The standard InChI is InChI=1S/C17H27N3/c1-3-8-16-12-15(14-18-9-4-2)13-17(19-16)20-10-6-5-7-11-20/h5-6,12-13,18H,3-4,7-11,14H2,1-2H3. The van der Waals surface area contributed by atoms with E-state index in [1.807, 2.05) is 0 Å². The van der Waals surface area contributed by atoms with Crippen LogP contribution < -0.4 is 10.2 Å². The Bertz CT molecular complexity index is 440. The van der Waals surface area contributed by atoms with E-state index in [0.29, 0.717) is 0 Å². The van der Waals surface area contributed by atoms with Gasteiger partial charge in [-0.3, -0.25) is 0 Å². The fourth-order valence-electron chi connectivity index (χ4n) is 2.54. The number of pyridine rings is 1. The predicted octanol–water partition coefficient (Wildman–Crippen LogP) is 3.30. The highest BCUT2D eigenvalue weighted by Gasteiger charge is 2.11. The summed E-state index contributed by atoms with van der Waals surface area (Å²) in [5.41, 5.74) is 2.59. The van der Waals surface area contributed by atoms with Crippen molar-refractivity contribution in [3.8, 4) is 0 Å². The molecule has 0 saturated heterocycles. The summed E-state index contributed by atoms with van der Waals surface area (Å²) in [6.45, 7) is 8.52. The first-order valence-corrected chi connectivity index (χ1v) is 7.94. The first-order chi connectivity index (χ1) is 9.83. The highest BCUT2D eigenvalue weighted by molar-refractivity contribution is 5.44. The largest absolute Gasteiger partial charge is 0.353 e. The molecule has 0 radical (unpaired) electrons. The molecule has 1 aliphatic rings. The number of nitrogens with zero attached hydrogens (tertiary/aromatic N) is 2. The molecule has 3 heteroatoms. The maximum absolute atomic E-state index is 4.84. The molecule has 2 rings (SSSR count). The van der Waals surface area contributed by atoms with Crippen LogP contribution in [-0.2, 0) is 13.0 Å². The average molecular weight is 273 g/mol. The summed E-state index contributed by atoms with van der Waals surface area (Å²) in [5, 5.41) is 3.49. The van der Waals surface area contributed by atoms with Gasteiger partial charge in [0.2, 0.25) is 0 Å². The first kappa shape index (κ1) is 15.0. The Hall–Kier alpha value is -1.35. The van der Waals surface area contributed by atoms with E-state index in [0.717, 1.165) is 51.3 Å². The minimum atomic E-state index is 0.948. The molecule has 0 aliphatic carbocycles. The number of aromatic nitrogens is 1. The Morgan fingerprint density at radius 3 is 2.80 bits per heavy atom. The van der Waals surface area contributed by atoms with E-state index in [2.05, 4.69) is 48.3 Å². The highest BCUT2D eigenvalue weighted by Crippen LogP contribution is 2.18. The van der Waals surface area contributed by atoms with Crippen molar-refractivity contribution in [3.05, 3.63) is 35.5 Å². The number of hydrogen-bond donors (Lipinski definition) is 1. The van der Waals surface area contributed by atoms with Crippen molar-refractivity contribution in [2.24, 2.45) is 0 Å². The molecule has 1 N–H and O–H groups in total. The van der Waals surface area contributed by atoms with Gasteiger partial charge in [0.1, 0.15) is 5.82 Å². The van der Waals surface area contributed by atoms with Gasteiger partial charge >= 0.3 is 0 Å². The van der Waals surface area contributed by atoms with Crippen LogP contribution in [0.25, 0.3) is 0 Å². The molecule has 3 nitrogen and oxygen atoms in total. The quantitative estimate of drug-likeness (QED) is 0.610. The molecule has 0 atom stereocenters. The first-order valence-electron chi connectivity index (χ1n) is 7.94. The van der Waals surface area contributed by atoms with Gasteiger partial charge in [-0.2, -0.15) is 0 Å². The third-order valence-electron chi connectivity index (χ3n) is 3.57. The van der Waals surface area contributed by atoms with Crippen LogP contribution in [0, 0.1) is 0 Å². The summed E-state index contributed by atoms with van der Waals surface area (Å²) >= 11 is 0. The Balaban J connectivity index is 2.14. The van der Waals surface area contributed by atoms with E-state index in [1.54, 1.807) is 0 Å². The maximum atomic E-state index is 4.84. The zero-order valence-electron chi connectivity index (χ0n) is 12.9. The Morgan fingerprint density at radius 2 is 2.10 bits per heavy atom. The molecule has 0 bridgehead atoms. The van der Waals surface area contributed by atoms with Gasteiger partial charge in [-0.1, -0.05) is 32.4 Å². The summed E-state index contributed by atoms with van der Waals surface area (Å²) in [4.78, 5) is 7.22. The van der Waals surface area contributed by atoms with Gasteiger partial charge in [0.05, 0.1) is 0 Å². The summed E-state index contributed by atoms with van der Waals surface area (Å²) in [6, 6.07) is 4.51. The third kappa shape index (κ3) is 4.34. The topological polar surface area (TPSA) is 28.2 Å². The number of aryl methyl sites for hydroxylation is 1. The van der Waals surface area contributed by atoms with Gasteiger partial charge in [0.15, 0.2) is 0 Å². The number of rotatable bonds is 7. The van der Waals surface area contributed by atoms with E-state index in [4.69, 9.17) is 4.98 Å². The fraction of sp³-hybridized carbons (Fsp3) is 0.588.